The van der Waals surface area contributed by atoms with Crippen molar-refractivity contribution in [2.75, 3.05) is 65.6 Å². The number of carboxylic acids is 2. The van der Waals surface area contributed by atoms with E-state index in [1.807, 2.05) is 13.8 Å². The first-order valence-electron chi connectivity index (χ1n) is 44.5. The Labute approximate surface area is 770 Å². The zero-order valence-corrected chi connectivity index (χ0v) is 76.6. The van der Waals surface area contributed by atoms with E-state index in [0.717, 1.165) is 32.0 Å². The van der Waals surface area contributed by atoms with Crippen molar-refractivity contribution in [2.24, 2.45) is 17.6 Å². The molecule has 1 aromatic heterocycles. The van der Waals surface area contributed by atoms with Crippen LogP contribution in [0.15, 0.2) is 134 Å². The number of primary amides is 1. The van der Waals surface area contributed by atoms with Crippen molar-refractivity contribution in [1.29, 1.82) is 0 Å². The normalized spacial score (nSPS) is 23.7. The summed E-state index contributed by atoms with van der Waals surface area (Å²) in [5, 5.41) is 56.6. The van der Waals surface area contributed by atoms with Crippen molar-refractivity contribution in [2.45, 2.75) is 216 Å². The number of benzene rings is 5. The van der Waals surface area contributed by atoms with Crippen molar-refractivity contribution in [3.05, 3.63) is 173 Å². The van der Waals surface area contributed by atoms with Gasteiger partial charge in [0, 0.05) is 89.2 Å². The number of aryl methyl sites for hydroxylation is 1. The number of fused-ring (bicyclic) bond motifs is 3. The average Bonchev–Trinajstić information content (AvgIpc) is 1.75. The van der Waals surface area contributed by atoms with Gasteiger partial charge in [0.05, 0.1) is 44.5 Å². The third-order valence-electron chi connectivity index (χ3n) is 23.7. The summed E-state index contributed by atoms with van der Waals surface area (Å²) >= 11 is 0.989. The number of nitrogens with one attached hydrogen (secondary N) is 10. The summed E-state index contributed by atoms with van der Waals surface area (Å²) in [7, 11) is 3.98. The minimum Gasteiger partial charge on any atom is -0.508 e. The zero-order valence-electron chi connectivity index (χ0n) is 75.8. The first-order valence-corrected chi connectivity index (χ1v) is 45.6. The van der Waals surface area contributed by atoms with Crippen molar-refractivity contribution in [3.63, 3.8) is 0 Å². The summed E-state index contributed by atoms with van der Waals surface area (Å²) < 4.78 is 20.5. The summed E-state index contributed by atoms with van der Waals surface area (Å²) in [4.78, 5) is 245. The number of halogens is 1. The molecule has 38 heteroatoms. The lowest BCUT2D eigenvalue weighted by atomic mass is 9.98. The predicted octanol–water partition coefficient (Wildman–Crippen LogP) is 2.81. The number of thioether (sulfide) groups is 1. The second kappa shape index (κ2) is 49.4. The largest absolute Gasteiger partial charge is 0.508 e. The fourth-order valence-electron chi connectivity index (χ4n) is 16.5. The quantitative estimate of drug-likeness (QED) is 0.0274. The number of carbonyl (C=O) groups excluding carboxylic acids is 14. The van der Waals surface area contributed by atoms with Gasteiger partial charge in [-0.2, -0.15) is 0 Å². The molecule has 0 saturated carbocycles. The van der Waals surface area contributed by atoms with Gasteiger partial charge in [-0.25, -0.2) is 4.39 Å². The minimum absolute atomic E-state index is 0.00175. The van der Waals surface area contributed by atoms with Gasteiger partial charge in [0.1, 0.15) is 84.1 Å². The van der Waals surface area contributed by atoms with Crippen LogP contribution in [-0.4, -0.2) is 284 Å². The zero-order chi connectivity index (χ0) is 96.2. The Balaban J connectivity index is 1.12. The SMILES string of the molecule is CCCC[C@H]1C(=O)N2CCC[C@@H]2C(=O)N[C@@H](CC(=O)O)C(=O)N[C@@H](C(C)C)C(=O)N(C)[C@@H](Cc2ccc(C)cc2)C(=O)N[C@@H](CC(=O)O)C(=O)N2CCC[C@@H]2C(=O)N[C@@H](Cc2c[nH]c3ccccc23)C(=O)N[C@@H](Cc2ccc(O)cc2)C(=O)N[C@@H](CC(C)C)C(=O)N[C@H](COCNCC(N)=O)CSCC(=O)N[C@@H](Cc2ccc(F)cc2)C(=O)N(C)C(Cc2ccccc2)C(=O)N1C. The van der Waals surface area contributed by atoms with Gasteiger partial charge in [0.15, 0.2) is 0 Å². The summed E-state index contributed by atoms with van der Waals surface area (Å²) in [6.45, 7) is 9.29. The summed E-state index contributed by atoms with van der Waals surface area (Å²) in [6.07, 6.45) is -0.470. The van der Waals surface area contributed by atoms with Crippen LogP contribution in [0.1, 0.15) is 132 Å². The Kier molecular flexibility index (Phi) is 38.5. The van der Waals surface area contributed by atoms with Crippen LogP contribution in [0.4, 0.5) is 4.39 Å². The van der Waals surface area contributed by atoms with Crippen LogP contribution < -0.4 is 53.6 Å². The van der Waals surface area contributed by atoms with Crippen molar-refractivity contribution in [3.8, 4) is 5.75 Å². The maximum atomic E-state index is 15.7. The molecule has 3 saturated heterocycles. The molecule has 3 aliphatic rings. The van der Waals surface area contributed by atoms with Crippen LogP contribution in [-0.2, 0) is 114 Å². The highest BCUT2D eigenvalue weighted by molar-refractivity contribution is 8.00. The number of phenolic OH excluding ortho intramolecular Hbond substituents is 1. The van der Waals surface area contributed by atoms with Crippen LogP contribution in [0.25, 0.3) is 10.9 Å². The van der Waals surface area contributed by atoms with E-state index in [1.54, 1.807) is 113 Å². The summed E-state index contributed by atoms with van der Waals surface area (Å²) in [6, 6.07) is 13.8. The van der Waals surface area contributed by atoms with E-state index in [4.69, 9.17) is 10.5 Å². The van der Waals surface area contributed by atoms with E-state index in [0.29, 0.717) is 51.6 Å². The maximum Gasteiger partial charge on any atom is 0.305 e. The number of amides is 14. The molecule has 0 spiro atoms. The number of para-hydroxylation sites is 1. The highest BCUT2D eigenvalue weighted by atomic mass is 32.2. The third kappa shape index (κ3) is 29.6. The molecule has 712 valence electrons. The molecule has 4 heterocycles. The number of phenols is 1. The fourth-order valence-corrected chi connectivity index (χ4v) is 17.3. The third-order valence-corrected chi connectivity index (χ3v) is 24.8. The van der Waals surface area contributed by atoms with Crippen LogP contribution in [0.5, 0.6) is 5.75 Å². The lowest BCUT2D eigenvalue weighted by Gasteiger charge is -2.38. The molecule has 13 atom stereocenters. The molecule has 0 radical (unpaired) electrons. The number of nitrogens with two attached hydrogens (primary N) is 1. The Hall–Kier alpha value is -12.8. The number of hydrogen-bond acceptors (Lipinski definition) is 20. The number of likely N-dealkylation sites (N-methyl/N-ethyl adjacent to an activating group) is 3. The molecule has 3 aliphatic heterocycles. The minimum atomic E-state index is -1.94. The van der Waals surface area contributed by atoms with Gasteiger partial charge in [-0.15, -0.1) is 11.8 Å². The second-order valence-electron chi connectivity index (χ2n) is 34.7. The van der Waals surface area contributed by atoms with Crippen LogP contribution >= 0.6 is 11.8 Å². The number of hydrogen-bond donors (Lipinski definition) is 14. The van der Waals surface area contributed by atoms with Gasteiger partial charge in [0.25, 0.3) is 0 Å². The van der Waals surface area contributed by atoms with Crippen molar-refractivity contribution >= 4 is 117 Å². The molecule has 0 bridgehead atoms. The van der Waals surface area contributed by atoms with E-state index in [-0.39, 0.29) is 121 Å². The predicted molar refractivity (Wildman–Crippen MR) is 487 cm³/mol. The Morgan fingerprint density at radius 2 is 1.04 bits per heavy atom. The average molecular weight is 1850 g/mol. The highest BCUT2D eigenvalue weighted by Crippen LogP contribution is 2.28. The standard InChI is InChI=1S/C94H123FN16O20S/c1-10-11-23-75-93(129)111-39-18-25-74(111)88(124)104-70(46-80(115)116)86(122)106-82(55(4)5)94(130)108(8)76(43-60-28-26-56(6)27-29-60)89(125)105-72(47-81(117)118)91(127)110-38-17-24-73(110)87(123)103-69(45-61-48-98-66-22-16-15-21-65(61)66)85(121)102-68(41-59-32-36-64(112)37-33-59)84(120)101-67(40-54(2)3)83(119)99-63(50-131-53-97-49-78(96)113)51-132-52-79(114)100-71(42-58-30-34-62(95)35-31-58)90(126)109(9)77(92(128)107(75)7)44-57-19-13-12-14-20-57/h12-16,19-22,26-37,48,54-55,63,67-77,82,97-98,112H,10-11,17-18,23-25,38-47,49-53H2,1-9H3,(H2,96,113)(H,99,119)(H,100,114)(H,101,120)(H,102,121)(H,103,123)(H,104,124)(H,105,125)(H,106,122)(H,115,116)(H,117,118)/t63-,67+,68+,69+,70+,71+,72+,73-,74-,75+,76+,77?,82+/m1/s1. The molecular formula is C94H123FN16O20S. The number of aromatic hydroxyl groups is 1. The molecule has 9 rings (SSSR count). The first-order chi connectivity index (χ1) is 62.9. The number of unbranched alkanes of at least 4 members (excludes halogenated alkanes) is 1. The van der Waals surface area contributed by atoms with Gasteiger partial charge in [-0.3, -0.25) is 82.0 Å². The van der Waals surface area contributed by atoms with Crippen LogP contribution in [0, 0.1) is 24.6 Å². The fraction of sp³-hybridized carbons (Fsp3) is 0.489. The number of aliphatic carboxylic acids is 2. The van der Waals surface area contributed by atoms with Crippen LogP contribution in [0.2, 0.25) is 0 Å². The van der Waals surface area contributed by atoms with Gasteiger partial charge in [-0.1, -0.05) is 150 Å². The molecule has 6 aromatic rings. The molecule has 132 heavy (non-hydrogen) atoms. The van der Waals surface area contributed by atoms with E-state index in [1.165, 1.54) is 79.5 Å². The van der Waals surface area contributed by atoms with Crippen molar-refractivity contribution in [1.82, 2.24) is 77.3 Å². The van der Waals surface area contributed by atoms with E-state index in [9.17, 15) is 48.5 Å². The summed E-state index contributed by atoms with van der Waals surface area (Å²) in [5.41, 5.74) is 9.21. The number of H-pyrrole nitrogens is 1. The molecule has 3 fully saturated rings. The van der Waals surface area contributed by atoms with Gasteiger partial charge >= 0.3 is 11.9 Å². The molecule has 0 aliphatic carbocycles. The van der Waals surface area contributed by atoms with E-state index >= 15 is 47.9 Å². The number of aromatic amines is 1. The second-order valence-corrected chi connectivity index (χ2v) is 35.7. The Morgan fingerprint density at radius 3 is 1.65 bits per heavy atom. The highest BCUT2D eigenvalue weighted by Gasteiger charge is 2.46. The first kappa shape index (κ1) is 103. The topological polar surface area (TPSA) is 509 Å². The number of carboxylic acid groups (broad SMARTS) is 2. The molecule has 5 aromatic carbocycles. The van der Waals surface area contributed by atoms with Crippen LogP contribution in [0.3, 0.4) is 0 Å². The van der Waals surface area contributed by atoms with Gasteiger partial charge in [0.2, 0.25) is 82.7 Å². The molecule has 14 amide bonds. The molecule has 36 nitrogen and oxygen atoms in total. The van der Waals surface area contributed by atoms with Crippen molar-refractivity contribution < 1.29 is 101 Å². The Morgan fingerprint density at radius 1 is 0.530 bits per heavy atom. The molecule has 1 unspecified atom stereocenters. The lowest BCUT2D eigenvalue weighted by Crippen LogP contribution is -2.62. The van der Waals surface area contributed by atoms with E-state index in [2.05, 4.69) is 52.8 Å². The number of rotatable bonds is 26. The smallest absolute Gasteiger partial charge is 0.305 e. The molecule has 15 N–H and O–H groups in total. The van der Waals surface area contributed by atoms with Gasteiger partial charge in [-0.05, 0) is 115 Å². The van der Waals surface area contributed by atoms with E-state index < -0.39 is 204 Å². The maximum absolute atomic E-state index is 15.7. The molecular weight excluding hydrogens is 1720 g/mol. The number of nitrogens with zero attached hydrogens (tertiary/aromatic N) is 5. The number of ether oxygens (including phenoxy) is 1. The lowest BCUT2D eigenvalue weighted by molar-refractivity contribution is -0.152. The summed E-state index contributed by atoms with van der Waals surface area (Å²) in [5.74, 6) is -17.9. The number of carbonyl (C=O) groups is 16. The van der Waals surface area contributed by atoms with Gasteiger partial charge < -0.3 is 97.8 Å². The number of aromatic nitrogens is 1. The monoisotopic (exact) mass is 1850 g/mol. The Bertz CT molecular complexity index is 5050.